The molecule has 1 fully saturated rings. The van der Waals surface area contributed by atoms with Crippen LogP contribution in [-0.2, 0) is 17.0 Å². The van der Waals surface area contributed by atoms with Crippen molar-refractivity contribution >= 4 is 17.7 Å². The van der Waals surface area contributed by atoms with E-state index in [1.54, 1.807) is 24.2 Å². The van der Waals surface area contributed by atoms with Crippen molar-refractivity contribution in [2.75, 3.05) is 18.8 Å². The minimum atomic E-state index is -0.0284. The van der Waals surface area contributed by atoms with Gasteiger partial charge in [0.15, 0.2) is 0 Å². The molecule has 5 nitrogen and oxygen atoms in total. The van der Waals surface area contributed by atoms with Gasteiger partial charge in [0.25, 0.3) is 0 Å². The van der Waals surface area contributed by atoms with E-state index in [9.17, 15) is 4.79 Å². The first-order valence-corrected chi connectivity index (χ1v) is 10.3. The maximum atomic E-state index is 12.5. The van der Waals surface area contributed by atoms with E-state index in [-0.39, 0.29) is 12.0 Å². The summed E-state index contributed by atoms with van der Waals surface area (Å²) in [5.74, 6) is 1.54. The number of carbonyl (C=O) groups excluding carboxylic acids is 1. The number of nitrogens with zero attached hydrogens (tertiary/aromatic N) is 3. The van der Waals surface area contributed by atoms with E-state index in [1.165, 1.54) is 5.56 Å². The van der Waals surface area contributed by atoms with Gasteiger partial charge in [0.1, 0.15) is 6.10 Å². The predicted octanol–water partition coefficient (Wildman–Crippen LogP) is 3.34. The van der Waals surface area contributed by atoms with Crippen molar-refractivity contribution in [3.05, 3.63) is 53.9 Å². The molecule has 0 spiro atoms. The lowest BCUT2D eigenvalue weighted by Gasteiger charge is -2.32. The molecular weight excluding hydrogens is 346 g/mol. The van der Waals surface area contributed by atoms with Gasteiger partial charge >= 0.3 is 6.01 Å². The second-order valence-electron chi connectivity index (χ2n) is 6.43. The molecule has 0 bridgehead atoms. The fraction of sp³-hybridized carbons (Fsp3) is 0.450. The number of amides is 1. The zero-order valence-corrected chi connectivity index (χ0v) is 16.0. The number of carbonyl (C=O) groups is 1. The van der Waals surface area contributed by atoms with Gasteiger partial charge in [0, 0.05) is 24.7 Å². The third-order valence-electron chi connectivity index (χ3n) is 4.43. The Labute approximate surface area is 159 Å². The molecule has 1 atom stereocenters. The van der Waals surface area contributed by atoms with Crippen molar-refractivity contribution in [2.24, 2.45) is 0 Å². The zero-order valence-electron chi connectivity index (χ0n) is 15.1. The SMILES string of the molecule is CCc1cnc(OC2CCCN(C(=O)CSCc3ccccc3)C2)nc1. The average molecular weight is 372 g/mol. The third kappa shape index (κ3) is 5.46. The molecule has 3 rings (SSSR count). The lowest BCUT2D eigenvalue weighted by Crippen LogP contribution is -2.45. The van der Waals surface area contributed by atoms with Gasteiger partial charge in [-0.1, -0.05) is 37.3 Å². The summed E-state index contributed by atoms with van der Waals surface area (Å²) in [5, 5.41) is 0. The molecule has 138 valence electrons. The van der Waals surface area contributed by atoms with Crippen LogP contribution < -0.4 is 4.74 Å². The number of aryl methyl sites for hydroxylation is 1. The average Bonchev–Trinajstić information content (AvgIpc) is 2.69. The van der Waals surface area contributed by atoms with Gasteiger partial charge in [-0.25, -0.2) is 9.97 Å². The summed E-state index contributed by atoms with van der Waals surface area (Å²) >= 11 is 1.66. The summed E-state index contributed by atoms with van der Waals surface area (Å²) in [6.45, 7) is 3.49. The zero-order chi connectivity index (χ0) is 18.2. The second kappa shape index (κ2) is 9.57. The molecule has 2 aromatic rings. The number of aromatic nitrogens is 2. The Morgan fingerprint density at radius 2 is 2.00 bits per heavy atom. The van der Waals surface area contributed by atoms with E-state index in [2.05, 4.69) is 29.0 Å². The molecule has 1 saturated heterocycles. The van der Waals surface area contributed by atoms with E-state index in [4.69, 9.17) is 4.74 Å². The molecule has 26 heavy (non-hydrogen) atoms. The molecule has 1 aliphatic heterocycles. The summed E-state index contributed by atoms with van der Waals surface area (Å²) in [4.78, 5) is 22.9. The van der Waals surface area contributed by atoms with Gasteiger partial charge in [0.05, 0.1) is 12.3 Å². The van der Waals surface area contributed by atoms with Crippen molar-refractivity contribution in [3.63, 3.8) is 0 Å². The van der Waals surface area contributed by atoms with Crippen molar-refractivity contribution < 1.29 is 9.53 Å². The molecule has 0 saturated carbocycles. The Morgan fingerprint density at radius 1 is 1.23 bits per heavy atom. The van der Waals surface area contributed by atoms with Crippen LogP contribution in [0.15, 0.2) is 42.7 Å². The van der Waals surface area contributed by atoms with Crippen LogP contribution in [0.1, 0.15) is 30.9 Å². The molecule has 0 aliphatic carbocycles. The van der Waals surface area contributed by atoms with Crippen LogP contribution in [0, 0.1) is 0 Å². The summed E-state index contributed by atoms with van der Waals surface area (Å²) in [6, 6.07) is 10.6. The minimum absolute atomic E-state index is 0.0284. The number of benzene rings is 1. The van der Waals surface area contributed by atoms with E-state index >= 15 is 0 Å². The van der Waals surface area contributed by atoms with Crippen LogP contribution >= 0.6 is 11.8 Å². The molecule has 2 heterocycles. The molecule has 0 radical (unpaired) electrons. The quantitative estimate of drug-likeness (QED) is 0.747. The first kappa shape index (κ1) is 18.7. The standard InChI is InChI=1S/C20H25N3O2S/c1-2-16-11-21-20(22-12-16)25-18-9-6-10-23(13-18)19(24)15-26-14-17-7-4-3-5-8-17/h3-5,7-8,11-12,18H,2,6,9-10,13-15H2,1H3. The molecule has 0 N–H and O–H groups in total. The molecule has 1 aliphatic rings. The summed E-state index contributed by atoms with van der Waals surface area (Å²) < 4.78 is 5.89. The monoisotopic (exact) mass is 371 g/mol. The van der Waals surface area contributed by atoms with E-state index < -0.39 is 0 Å². The number of piperidine rings is 1. The lowest BCUT2D eigenvalue weighted by atomic mass is 10.1. The first-order valence-electron chi connectivity index (χ1n) is 9.11. The summed E-state index contributed by atoms with van der Waals surface area (Å²) in [7, 11) is 0. The molecule has 1 aromatic heterocycles. The van der Waals surface area contributed by atoms with Gasteiger partial charge < -0.3 is 9.64 Å². The van der Waals surface area contributed by atoms with Crippen LogP contribution in [0.2, 0.25) is 0 Å². The maximum Gasteiger partial charge on any atom is 0.316 e. The van der Waals surface area contributed by atoms with Gasteiger partial charge in [-0.3, -0.25) is 4.79 Å². The van der Waals surface area contributed by atoms with Crippen LogP contribution in [0.3, 0.4) is 0 Å². The molecule has 6 heteroatoms. The van der Waals surface area contributed by atoms with E-state index in [1.807, 2.05) is 23.1 Å². The lowest BCUT2D eigenvalue weighted by molar-refractivity contribution is -0.131. The third-order valence-corrected chi connectivity index (χ3v) is 5.42. The van der Waals surface area contributed by atoms with E-state index in [0.717, 1.165) is 37.1 Å². The number of hydrogen-bond acceptors (Lipinski definition) is 5. The van der Waals surface area contributed by atoms with Gasteiger partial charge in [-0.2, -0.15) is 0 Å². The smallest absolute Gasteiger partial charge is 0.316 e. The van der Waals surface area contributed by atoms with Crippen molar-refractivity contribution in [3.8, 4) is 6.01 Å². The van der Waals surface area contributed by atoms with Gasteiger partial charge in [-0.15, -0.1) is 11.8 Å². The first-order chi connectivity index (χ1) is 12.7. The van der Waals surface area contributed by atoms with Crippen molar-refractivity contribution in [2.45, 2.75) is 38.0 Å². The fourth-order valence-electron chi connectivity index (χ4n) is 2.92. The number of thioether (sulfide) groups is 1. The van der Waals surface area contributed by atoms with Crippen LogP contribution in [0.4, 0.5) is 0 Å². The Hall–Kier alpha value is -2.08. The van der Waals surface area contributed by atoms with Crippen LogP contribution in [0.25, 0.3) is 0 Å². The highest BCUT2D eigenvalue weighted by molar-refractivity contribution is 7.99. The molecule has 1 amide bonds. The summed E-state index contributed by atoms with van der Waals surface area (Å²) in [5.41, 5.74) is 2.34. The van der Waals surface area contributed by atoms with Crippen LogP contribution in [-0.4, -0.2) is 45.7 Å². The molecular formula is C20H25N3O2S. The number of hydrogen-bond donors (Lipinski definition) is 0. The Bertz CT molecular complexity index is 694. The highest BCUT2D eigenvalue weighted by atomic mass is 32.2. The van der Waals surface area contributed by atoms with E-state index in [0.29, 0.717) is 18.3 Å². The van der Waals surface area contributed by atoms with Crippen molar-refractivity contribution in [1.29, 1.82) is 0 Å². The van der Waals surface area contributed by atoms with Gasteiger partial charge in [0.2, 0.25) is 5.91 Å². The highest BCUT2D eigenvalue weighted by Gasteiger charge is 2.25. The minimum Gasteiger partial charge on any atom is -0.458 e. The summed E-state index contributed by atoms with van der Waals surface area (Å²) in [6.07, 6.45) is 6.36. The number of likely N-dealkylation sites (tertiary alicyclic amines) is 1. The Kier molecular flexibility index (Phi) is 6.89. The van der Waals surface area contributed by atoms with Crippen molar-refractivity contribution in [1.82, 2.24) is 14.9 Å². The predicted molar refractivity (Wildman–Crippen MR) is 104 cm³/mol. The largest absolute Gasteiger partial charge is 0.458 e. The Balaban J connectivity index is 1.45. The topological polar surface area (TPSA) is 55.3 Å². The second-order valence-corrected chi connectivity index (χ2v) is 7.41. The van der Waals surface area contributed by atoms with Crippen LogP contribution in [0.5, 0.6) is 6.01 Å². The highest BCUT2D eigenvalue weighted by Crippen LogP contribution is 2.18. The van der Waals surface area contributed by atoms with Gasteiger partial charge in [-0.05, 0) is 30.4 Å². The maximum absolute atomic E-state index is 12.5. The Morgan fingerprint density at radius 3 is 2.73 bits per heavy atom. The number of rotatable bonds is 7. The number of ether oxygens (including phenoxy) is 1. The molecule has 1 aromatic carbocycles. The molecule has 1 unspecified atom stereocenters. The normalized spacial score (nSPS) is 17.1. The fourth-order valence-corrected chi connectivity index (χ4v) is 3.81.